The van der Waals surface area contributed by atoms with Gasteiger partial charge in [-0.3, -0.25) is 4.79 Å². The molecule has 22 heavy (non-hydrogen) atoms. The Bertz CT molecular complexity index is 956. The van der Waals surface area contributed by atoms with Gasteiger partial charge in [0, 0.05) is 23.6 Å². The van der Waals surface area contributed by atoms with Crippen molar-refractivity contribution in [3.05, 3.63) is 58.4 Å². The van der Waals surface area contributed by atoms with Crippen molar-refractivity contribution in [2.75, 3.05) is 7.11 Å². The SMILES string of the molecule is COc1ccc2c(c1)COc1c-2c2ccccc2n(C)c1=O. The van der Waals surface area contributed by atoms with E-state index in [2.05, 4.69) is 0 Å². The number of benzene rings is 2. The first kappa shape index (κ1) is 13.0. The fourth-order valence-electron chi connectivity index (χ4n) is 3.08. The number of para-hydroxylation sites is 1. The third kappa shape index (κ3) is 1.67. The molecule has 4 rings (SSSR count). The molecule has 0 saturated heterocycles. The summed E-state index contributed by atoms with van der Waals surface area (Å²) < 4.78 is 12.7. The van der Waals surface area contributed by atoms with Crippen LogP contribution in [0.4, 0.5) is 0 Å². The molecule has 0 bridgehead atoms. The van der Waals surface area contributed by atoms with Gasteiger partial charge in [0.2, 0.25) is 0 Å². The van der Waals surface area contributed by atoms with Gasteiger partial charge in [0.05, 0.1) is 12.6 Å². The van der Waals surface area contributed by atoms with Gasteiger partial charge in [0.1, 0.15) is 12.4 Å². The number of nitrogens with zero attached hydrogens (tertiary/aromatic N) is 1. The molecule has 110 valence electrons. The van der Waals surface area contributed by atoms with E-state index in [-0.39, 0.29) is 5.56 Å². The molecule has 4 heteroatoms. The van der Waals surface area contributed by atoms with Crippen LogP contribution in [-0.2, 0) is 13.7 Å². The van der Waals surface area contributed by atoms with Crippen LogP contribution in [0.25, 0.3) is 22.0 Å². The van der Waals surface area contributed by atoms with Crippen LogP contribution in [0.1, 0.15) is 5.56 Å². The van der Waals surface area contributed by atoms with Crippen molar-refractivity contribution in [3.8, 4) is 22.6 Å². The van der Waals surface area contributed by atoms with Crippen molar-refractivity contribution in [3.63, 3.8) is 0 Å². The molecule has 0 fully saturated rings. The molecule has 0 unspecified atom stereocenters. The van der Waals surface area contributed by atoms with E-state index in [4.69, 9.17) is 9.47 Å². The predicted molar refractivity (Wildman–Crippen MR) is 85.5 cm³/mol. The molecule has 0 aliphatic carbocycles. The minimum Gasteiger partial charge on any atom is -0.497 e. The highest BCUT2D eigenvalue weighted by atomic mass is 16.5. The van der Waals surface area contributed by atoms with Gasteiger partial charge in [0.25, 0.3) is 5.56 Å². The highest BCUT2D eigenvalue weighted by molar-refractivity contribution is 5.99. The van der Waals surface area contributed by atoms with Gasteiger partial charge in [-0.25, -0.2) is 0 Å². The fourth-order valence-corrected chi connectivity index (χ4v) is 3.08. The largest absolute Gasteiger partial charge is 0.497 e. The summed E-state index contributed by atoms with van der Waals surface area (Å²) in [6.45, 7) is 0.382. The summed E-state index contributed by atoms with van der Waals surface area (Å²) in [7, 11) is 3.42. The van der Waals surface area contributed by atoms with Crippen LogP contribution < -0.4 is 15.0 Å². The Labute approximate surface area is 127 Å². The van der Waals surface area contributed by atoms with E-state index in [1.54, 1.807) is 18.7 Å². The maximum Gasteiger partial charge on any atom is 0.293 e. The Morgan fingerprint density at radius 1 is 1.18 bits per heavy atom. The Hall–Kier alpha value is -2.75. The summed E-state index contributed by atoms with van der Waals surface area (Å²) in [5.41, 5.74) is 3.75. The molecule has 0 atom stereocenters. The van der Waals surface area contributed by atoms with E-state index in [9.17, 15) is 4.79 Å². The van der Waals surface area contributed by atoms with Crippen LogP contribution in [0.5, 0.6) is 11.5 Å². The van der Waals surface area contributed by atoms with Gasteiger partial charge >= 0.3 is 0 Å². The van der Waals surface area contributed by atoms with Crippen LogP contribution >= 0.6 is 0 Å². The van der Waals surface area contributed by atoms with Gasteiger partial charge in [-0.1, -0.05) is 24.3 Å². The van der Waals surface area contributed by atoms with Crippen molar-refractivity contribution < 1.29 is 9.47 Å². The van der Waals surface area contributed by atoms with Crippen molar-refractivity contribution in [1.82, 2.24) is 4.57 Å². The molecule has 0 amide bonds. The minimum absolute atomic E-state index is 0.102. The highest BCUT2D eigenvalue weighted by Gasteiger charge is 2.24. The molecule has 0 radical (unpaired) electrons. The zero-order chi connectivity index (χ0) is 15.3. The van der Waals surface area contributed by atoms with Gasteiger partial charge in [-0.05, 0) is 23.8 Å². The van der Waals surface area contributed by atoms with Crippen molar-refractivity contribution in [2.45, 2.75) is 6.61 Å². The predicted octanol–water partition coefficient (Wildman–Crippen LogP) is 3.11. The molecule has 2 aromatic carbocycles. The summed E-state index contributed by atoms with van der Waals surface area (Å²) >= 11 is 0. The van der Waals surface area contributed by atoms with Crippen molar-refractivity contribution >= 4 is 10.9 Å². The normalized spacial score (nSPS) is 12.5. The van der Waals surface area contributed by atoms with Crippen LogP contribution in [0, 0.1) is 0 Å². The second-order valence-corrected chi connectivity index (χ2v) is 5.40. The number of aromatic nitrogens is 1. The quantitative estimate of drug-likeness (QED) is 0.692. The third-order valence-electron chi connectivity index (χ3n) is 4.21. The molecule has 4 nitrogen and oxygen atoms in total. The first-order valence-electron chi connectivity index (χ1n) is 7.12. The van der Waals surface area contributed by atoms with E-state index in [1.807, 2.05) is 42.5 Å². The molecule has 1 aliphatic rings. The molecular formula is C18H15NO3. The molecule has 3 aromatic rings. The molecule has 1 aromatic heterocycles. The van der Waals surface area contributed by atoms with E-state index in [0.29, 0.717) is 12.4 Å². The van der Waals surface area contributed by atoms with Crippen LogP contribution in [-0.4, -0.2) is 11.7 Å². The topological polar surface area (TPSA) is 40.5 Å². The van der Waals surface area contributed by atoms with Gasteiger partial charge in [-0.15, -0.1) is 0 Å². The first-order chi connectivity index (χ1) is 10.7. The number of fused-ring (bicyclic) bond motifs is 5. The fraction of sp³-hybridized carbons (Fsp3) is 0.167. The minimum atomic E-state index is -0.102. The van der Waals surface area contributed by atoms with E-state index >= 15 is 0 Å². The molecule has 0 N–H and O–H groups in total. The summed E-state index contributed by atoms with van der Waals surface area (Å²) in [5, 5.41) is 1.02. The van der Waals surface area contributed by atoms with Crippen molar-refractivity contribution in [1.29, 1.82) is 0 Å². The van der Waals surface area contributed by atoms with Crippen LogP contribution in [0.3, 0.4) is 0 Å². The average molecular weight is 293 g/mol. The van der Waals surface area contributed by atoms with Gasteiger partial charge in [0.15, 0.2) is 5.75 Å². The second kappa shape index (κ2) is 4.63. The molecular weight excluding hydrogens is 278 g/mol. The maximum absolute atomic E-state index is 12.6. The summed E-state index contributed by atoms with van der Waals surface area (Å²) in [4.78, 5) is 12.6. The van der Waals surface area contributed by atoms with E-state index < -0.39 is 0 Å². The Balaban J connectivity index is 2.14. The van der Waals surface area contributed by atoms with Crippen LogP contribution in [0.15, 0.2) is 47.3 Å². The lowest BCUT2D eigenvalue weighted by molar-refractivity contribution is 0.296. The zero-order valence-corrected chi connectivity index (χ0v) is 12.4. The maximum atomic E-state index is 12.6. The summed E-state index contributed by atoms with van der Waals surface area (Å²) in [6, 6.07) is 13.8. The van der Waals surface area contributed by atoms with Gasteiger partial charge in [-0.2, -0.15) is 0 Å². The number of aryl methyl sites for hydroxylation is 1. The summed E-state index contributed by atoms with van der Waals surface area (Å²) in [5.74, 6) is 1.22. The standard InChI is InChI=1S/C18H15NO3/c1-19-15-6-4-3-5-14(15)16-13-8-7-12(21-2)9-11(13)10-22-17(16)18(19)20/h3-9H,10H2,1-2H3. The average Bonchev–Trinajstić information content (AvgIpc) is 2.58. The smallest absolute Gasteiger partial charge is 0.293 e. The lowest BCUT2D eigenvalue weighted by Crippen LogP contribution is -2.23. The molecule has 1 aliphatic heterocycles. The Morgan fingerprint density at radius 3 is 2.82 bits per heavy atom. The Kier molecular flexibility index (Phi) is 2.73. The highest BCUT2D eigenvalue weighted by Crippen LogP contribution is 2.41. The number of pyridine rings is 1. The molecule has 0 spiro atoms. The molecule has 0 saturated carbocycles. The lowest BCUT2D eigenvalue weighted by atomic mass is 9.94. The second-order valence-electron chi connectivity index (χ2n) is 5.40. The third-order valence-corrected chi connectivity index (χ3v) is 4.21. The molecule has 2 heterocycles. The first-order valence-corrected chi connectivity index (χ1v) is 7.12. The van der Waals surface area contributed by atoms with E-state index in [0.717, 1.165) is 33.3 Å². The van der Waals surface area contributed by atoms with Gasteiger partial charge < -0.3 is 14.0 Å². The Morgan fingerprint density at radius 2 is 2.00 bits per heavy atom. The van der Waals surface area contributed by atoms with E-state index in [1.165, 1.54) is 0 Å². The van der Waals surface area contributed by atoms with Crippen LogP contribution in [0.2, 0.25) is 0 Å². The number of ether oxygens (including phenoxy) is 2. The lowest BCUT2D eigenvalue weighted by Gasteiger charge is -2.23. The number of methoxy groups -OCH3 is 1. The number of hydrogen-bond acceptors (Lipinski definition) is 3. The van der Waals surface area contributed by atoms with Crippen molar-refractivity contribution in [2.24, 2.45) is 7.05 Å². The number of hydrogen-bond donors (Lipinski definition) is 0. The monoisotopic (exact) mass is 293 g/mol. The zero-order valence-electron chi connectivity index (χ0n) is 12.4. The summed E-state index contributed by atoms with van der Waals surface area (Å²) in [6.07, 6.45) is 0. The number of rotatable bonds is 1.